The van der Waals surface area contributed by atoms with Gasteiger partial charge in [0.25, 0.3) is 5.91 Å². The van der Waals surface area contributed by atoms with E-state index >= 15 is 0 Å². The van der Waals surface area contributed by atoms with Crippen LogP contribution in [0.25, 0.3) is 22.0 Å². The van der Waals surface area contributed by atoms with E-state index in [2.05, 4.69) is 23.9 Å². The third-order valence-corrected chi connectivity index (χ3v) is 13.3. The quantitative estimate of drug-likeness (QED) is 0.316. The Hall–Kier alpha value is -4.85. The molecule has 6 atom stereocenters. The molecule has 1 saturated heterocycles. The summed E-state index contributed by atoms with van der Waals surface area (Å²) in [5.74, 6) is 0.918. The minimum Gasteiger partial charge on any atom is -0.497 e. The lowest BCUT2D eigenvalue weighted by molar-refractivity contribution is -0.140. The van der Waals surface area contributed by atoms with Crippen LogP contribution in [0, 0.1) is 17.8 Å². The summed E-state index contributed by atoms with van der Waals surface area (Å²) in [6.45, 7) is 5.28. The van der Waals surface area contributed by atoms with E-state index in [1.807, 2.05) is 54.6 Å². The molecule has 0 bridgehead atoms. The summed E-state index contributed by atoms with van der Waals surface area (Å²) in [6.07, 6.45) is 7.53. The van der Waals surface area contributed by atoms with E-state index in [0.29, 0.717) is 60.8 Å². The first-order valence-corrected chi connectivity index (χ1v) is 20.9. The van der Waals surface area contributed by atoms with Crippen molar-refractivity contribution in [2.75, 3.05) is 26.9 Å². The van der Waals surface area contributed by atoms with E-state index in [9.17, 15) is 22.8 Å². The summed E-state index contributed by atoms with van der Waals surface area (Å²) in [5, 5.41) is 3.90. The minimum absolute atomic E-state index is 0.0849. The molecule has 0 radical (unpaired) electrons. The van der Waals surface area contributed by atoms with Gasteiger partial charge < -0.3 is 29.2 Å². The Bertz CT molecular complexity index is 2150. The number of amides is 3. The molecule has 0 spiro atoms. The van der Waals surface area contributed by atoms with Crippen molar-refractivity contribution in [2.24, 2.45) is 17.8 Å². The zero-order chi connectivity index (χ0) is 38.5. The highest BCUT2D eigenvalue weighted by atomic mass is 32.2. The van der Waals surface area contributed by atoms with Gasteiger partial charge in [0.1, 0.15) is 36.6 Å². The number of nitrogens with zero attached hydrogens (tertiary/aromatic N) is 2. The molecule has 8 rings (SSSR count). The van der Waals surface area contributed by atoms with Crippen LogP contribution in [0.1, 0.15) is 65.2 Å². The summed E-state index contributed by atoms with van der Waals surface area (Å²) in [6, 6.07) is 12.2. The molecule has 2 N–H and O–H groups in total. The van der Waals surface area contributed by atoms with Gasteiger partial charge in [0.15, 0.2) is 11.5 Å². The molecule has 6 unspecified atom stereocenters. The second kappa shape index (κ2) is 14.7. The van der Waals surface area contributed by atoms with Crippen LogP contribution in [0.15, 0.2) is 54.6 Å². The Morgan fingerprint density at radius 2 is 1.80 bits per heavy atom. The molecule has 2 aromatic carbocycles. The second-order valence-corrected chi connectivity index (χ2v) is 17.9. The fraction of sp³-hybridized carbons (Fsp3) is 0.512. The number of pyridine rings is 1. The number of rotatable bonds is 7. The average molecular weight is 773 g/mol. The maximum Gasteiger partial charge on any atom is 0.259 e. The van der Waals surface area contributed by atoms with E-state index in [-0.39, 0.29) is 43.6 Å². The van der Waals surface area contributed by atoms with Crippen molar-refractivity contribution >= 4 is 38.5 Å². The van der Waals surface area contributed by atoms with Crippen molar-refractivity contribution in [3.63, 3.8) is 0 Å². The number of hydrogen-bond donors (Lipinski definition) is 2. The largest absolute Gasteiger partial charge is 0.497 e. The number of fused-ring (bicyclic) bond motifs is 4. The molecule has 55 heavy (non-hydrogen) atoms. The van der Waals surface area contributed by atoms with Crippen LogP contribution in [0.2, 0.25) is 0 Å². The molecule has 4 heterocycles. The Morgan fingerprint density at radius 3 is 2.58 bits per heavy atom. The van der Waals surface area contributed by atoms with Gasteiger partial charge in [-0.25, -0.2) is 13.4 Å². The lowest BCUT2D eigenvalue weighted by Crippen LogP contribution is -2.56. The predicted octanol–water partition coefficient (Wildman–Crippen LogP) is 4.92. The normalized spacial score (nSPS) is 28.3. The second-order valence-electron chi connectivity index (χ2n) is 15.9. The van der Waals surface area contributed by atoms with Crippen molar-refractivity contribution < 1.29 is 41.7 Å². The standard InChI is InChI=1S/C41H48N4O9S/c1-24-6-4-5-7-28-22-41(28,40(48)44-55(49,50)31-10-11-31)43-38(47)34-21-30(23-45(34)37(46)17-25(2)16-24)54-39-32-12-9-29(51-3)18-27(32)19-33(42-39)26-8-13-35-36(20-26)53-15-14-52-35/h5,7-9,12-13,18-20,24-25,28,30-31,34H,4,6,10-11,14-17,21-23H2,1-3H3,(H,43,47)(H,44,48). The molecule has 13 nitrogen and oxygen atoms in total. The first-order valence-electron chi connectivity index (χ1n) is 19.3. The molecule has 3 fully saturated rings. The lowest BCUT2D eigenvalue weighted by Gasteiger charge is -2.27. The van der Waals surface area contributed by atoms with E-state index < -0.39 is 44.8 Å². The number of aromatic nitrogens is 1. The summed E-state index contributed by atoms with van der Waals surface area (Å²) in [7, 11) is -2.25. The summed E-state index contributed by atoms with van der Waals surface area (Å²) in [4.78, 5) is 48.7. The SMILES string of the molecule is COc1ccc2c(OC3CC4C(=O)NC5(C(=O)NS(=O)(=O)C6CC6)CC5C=CCCC(C)CC(C)CC(=O)N4C3)nc(-c3ccc4c(c3)OCCO4)cc2c1. The van der Waals surface area contributed by atoms with Gasteiger partial charge in [-0.05, 0) is 98.2 Å². The highest BCUT2D eigenvalue weighted by Crippen LogP contribution is 2.46. The Kier molecular flexibility index (Phi) is 9.89. The first kappa shape index (κ1) is 37.1. The van der Waals surface area contributed by atoms with Crippen LogP contribution in [-0.4, -0.2) is 85.8 Å². The first-order chi connectivity index (χ1) is 26.4. The van der Waals surface area contributed by atoms with Gasteiger partial charge in [0.2, 0.25) is 27.7 Å². The van der Waals surface area contributed by atoms with E-state index in [0.717, 1.165) is 35.6 Å². The summed E-state index contributed by atoms with van der Waals surface area (Å²) >= 11 is 0. The maximum absolute atomic E-state index is 14.3. The van der Waals surface area contributed by atoms with Gasteiger partial charge in [-0.15, -0.1) is 0 Å². The zero-order valence-corrected chi connectivity index (χ0v) is 32.2. The average Bonchev–Trinajstić information content (AvgIpc) is 4.09. The van der Waals surface area contributed by atoms with Gasteiger partial charge in [0, 0.05) is 29.7 Å². The molecule has 2 saturated carbocycles. The van der Waals surface area contributed by atoms with E-state index in [1.54, 1.807) is 12.0 Å². The van der Waals surface area contributed by atoms with Gasteiger partial charge in [-0.1, -0.05) is 26.0 Å². The van der Waals surface area contributed by atoms with Crippen LogP contribution in [-0.2, 0) is 24.4 Å². The van der Waals surface area contributed by atoms with Gasteiger partial charge in [-0.2, -0.15) is 0 Å². The van der Waals surface area contributed by atoms with Crippen LogP contribution in [0.4, 0.5) is 0 Å². The minimum atomic E-state index is -3.85. The van der Waals surface area contributed by atoms with Gasteiger partial charge in [-0.3, -0.25) is 19.1 Å². The highest BCUT2D eigenvalue weighted by Gasteiger charge is 2.62. The van der Waals surface area contributed by atoms with Crippen LogP contribution in [0.3, 0.4) is 0 Å². The van der Waals surface area contributed by atoms with Crippen molar-refractivity contribution in [3.8, 4) is 34.4 Å². The molecule has 5 aliphatic rings. The fourth-order valence-electron chi connectivity index (χ4n) is 8.25. The molecule has 14 heteroatoms. The van der Waals surface area contributed by atoms with Crippen LogP contribution >= 0.6 is 0 Å². The highest BCUT2D eigenvalue weighted by molar-refractivity contribution is 7.91. The maximum atomic E-state index is 14.3. The summed E-state index contributed by atoms with van der Waals surface area (Å²) < 4.78 is 51.7. The number of methoxy groups -OCH3 is 1. The predicted molar refractivity (Wildman–Crippen MR) is 204 cm³/mol. The molecule has 2 aliphatic carbocycles. The molecule has 3 amide bonds. The molecule has 1 aromatic heterocycles. The van der Waals surface area contributed by atoms with Crippen LogP contribution in [0.5, 0.6) is 23.1 Å². The monoisotopic (exact) mass is 772 g/mol. The number of ether oxygens (including phenoxy) is 4. The van der Waals surface area contributed by atoms with Gasteiger partial charge in [0.05, 0.1) is 24.6 Å². The Labute approximate surface area is 321 Å². The number of sulfonamides is 1. The Balaban J connectivity index is 1.11. The lowest BCUT2D eigenvalue weighted by atomic mass is 9.91. The summed E-state index contributed by atoms with van der Waals surface area (Å²) in [5.41, 5.74) is -0.0212. The zero-order valence-electron chi connectivity index (χ0n) is 31.4. The number of benzene rings is 2. The third-order valence-electron chi connectivity index (χ3n) is 11.5. The molecular formula is C41H48N4O9S. The fourth-order valence-corrected chi connectivity index (χ4v) is 9.61. The topological polar surface area (TPSA) is 162 Å². The number of carbonyl (C=O) groups is 3. The van der Waals surface area contributed by atoms with Crippen molar-refractivity contribution in [2.45, 2.75) is 88.1 Å². The Morgan fingerprint density at radius 1 is 1.00 bits per heavy atom. The smallest absolute Gasteiger partial charge is 0.259 e. The third kappa shape index (κ3) is 7.70. The number of hydrogen-bond acceptors (Lipinski definition) is 10. The molecule has 3 aromatic rings. The van der Waals surface area contributed by atoms with Crippen molar-refractivity contribution in [1.29, 1.82) is 0 Å². The van der Waals surface area contributed by atoms with Crippen LogP contribution < -0.4 is 29.0 Å². The number of allylic oxidation sites excluding steroid dienone is 1. The van der Waals surface area contributed by atoms with Crippen molar-refractivity contribution in [3.05, 3.63) is 54.6 Å². The van der Waals surface area contributed by atoms with Crippen molar-refractivity contribution in [1.82, 2.24) is 19.9 Å². The van der Waals surface area contributed by atoms with E-state index in [1.165, 1.54) is 0 Å². The molecular weight excluding hydrogens is 725 g/mol. The molecule has 3 aliphatic heterocycles. The number of nitrogens with one attached hydrogen (secondary N) is 2. The molecule has 292 valence electrons. The van der Waals surface area contributed by atoms with Gasteiger partial charge >= 0.3 is 0 Å². The number of carbonyl (C=O) groups excluding carboxylic acids is 3. The van der Waals surface area contributed by atoms with E-state index in [4.69, 9.17) is 23.9 Å².